The fourth-order valence-electron chi connectivity index (χ4n) is 3.21. The van der Waals surface area contributed by atoms with E-state index < -0.39 is 47.3 Å². The lowest BCUT2D eigenvalue weighted by atomic mass is 9.96. The smallest absolute Gasteiger partial charge is 0.407 e. The number of aromatic nitrogens is 1. The second-order valence-electron chi connectivity index (χ2n) is 10.1. The van der Waals surface area contributed by atoms with Crippen LogP contribution in [0.3, 0.4) is 0 Å². The van der Waals surface area contributed by atoms with Gasteiger partial charge in [0.25, 0.3) is 5.91 Å². The van der Waals surface area contributed by atoms with Crippen LogP contribution >= 0.6 is 0 Å². The number of urea groups is 1. The van der Waals surface area contributed by atoms with Crippen LogP contribution in [-0.2, 0) is 24.6 Å². The number of pyridine rings is 1. The van der Waals surface area contributed by atoms with Gasteiger partial charge in [0.1, 0.15) is 17.1 Å². The van der Waals surface area contributed by atoms with Crippen molar-refractivity contribution in [3.63, 3.8) is 0 Å². The fraction of sp³-hybridized carbons (Fsp3) is 0.458. The molecule has 1 fully saturated rings. The number of ether oxygens (including phenoxy) is 2. The zero-order valence-corrected chi connectivity index (χ0v) is 20.6. The molecule has 1 aliphatic rings. The first-order valence-corrected chi connectivity index (χ1v) is 11.0. The van der Waals surface area contributed by atoms with Crippen LogP contribution in [0.25, 0.3) is 11.3 Å². The summed E-state index contributed by atoms with van der Waals surface area (Å²) >= 11 is 0. The van der Waals surface area contributed by atoms with E-state index in [0.29, 0.717) is 11.3 Å². The summed E-state index contributed by atoms with van der Waals surface area (Å²) in [7, 11) is 0. The number of esters is 1. The number of hydrogen-bond acceptors (Lipinski definition) is 8. The Kier molecular flexibility index (Phi) is 6.91. The third-order valence-corrected chi connectivity index (χ3v) is 4.98. The van der Waals surface area contributed by atoms with E-state index in [1.165, 1.54) is 6.07 Å². The molecule has 2 aromatic heterocycles. The molecule has 0 aromatic carbocycles. The average molecular weight is 487 g/mol. The van der Waals surface area contributed by atoms with Crippen molar-refractivity contribution in [2.45, 2.75) is 52.7 Å². The summed E-state index contributed by atoms with van der Waals surface area (Å²) in [5, 5.41) is 5.12. The summed E-state index contributed by atoms with van der Waals surface area (Å²) in [6, 6.07) is 5.85. The third kappa shape index (κ3) is 5.79. The van der Waals surface area contributed by atoms with E-state index in [0.717, 1.165) is 4.90 Å². The number of hydrogen-bond donors (Lipinski definition) is 2. The molecule has 0 saturated carbocycles. The molecule has 3 heterocycles. The van der Waals surface area contributed by atoms with Gasteiger partial charge in [-0.15, -0.1) is 0 Å². The Balaban J connectivity index is 1.91. The summed E-state index contributed by atoms with van der Waals surface area (Å²) in [6.07, 6.45) is 2.41. The number of rotatable bonds is 6. The molecule has 0 unspecified atom stereocenters. The van der Waals surface area contributed by atoms with Crippen molar-refractivity contribution in [1.82, 2.24) is 20.5 Å². The number of carbonyl (C=O) groups is 4. The van der Waals surface area contributed by atoms with Gasteiger partial charge in [0.05, 0.1) is 12.0 Å². The molecule has 3 rings (SSSR count). The normalized spacial score (nSPS) is 18.3. The van der Waals surface area contributed by atoms with Crippen LogP contribution in [0.4, 0.5) is 9.59 Å². The molecule has 0 spiro atoms. The first-order valence-electron chi connectivity index (χ1n) is 11.0. The summed E-state index contributed by atoms with van der Waals surface area (Å²) in [6.45, 7) is 9.09. The Labute approximate surface area is 203 Å². The highest BCUT2D eigenvalue weighted by Gasteiger charge is 2.55. The van der Waals surface area contributed by atoms with Gasteiger partial charge in [0.15, 0.2) is 12.3 Å². The molecule has 0 radical (unpaired) electrons. The topological polar surface area (TPSA) is 140 Å². The molecular formula is C24H30N4O7. The van der Waals surface area contributed by atoms with Gasteiger partial charge in [-0.2, -0.15) is 0 Å². The predicted molar refractivity (Wildman–Crippen MR) is 124 cm³/mol. The second-order valence-corrected chi connectivity index (χ2v) is 10.1. The number of alkyl carbamates (subject to hydrolysis) is 1. The van der Waals surface area contributed by atoms with E-state index in [9.17, 15) is 19.2 Å². The van der Waals surface area contributed by atoms with Gasteiger partial charge in [0.2, 0.25) is 0 Å². The Bertz CT molecular complexity index is 1110. The average Bonchev–Trinajstić information content (AvgIpc) is 3.34. The van der Waals surface area contributed by atoms with Crippen LogP contribution in [0.2, 0.25) is 0 Å². The highest BCUT2D eigenvalue weighted by molar-refractivity contribution is 6.07. The van der Waals surface area contributed by atoms with Crippen LogP contribution in [0, 0.1) is 5.41 Å². The first-order chi connectivity index (χ1) is 16.2. The zero-order valence-electron chi connectivity index (χ0n) is 20.6. The second kappa shape index (κ2) is 9.40. The Morgan fingerprint density at radius 1 is 1.14 bits per heavy atom. The van der Waals surface area contributed by atoms with Gasteiger partial charge < -0.3 is 24.5 Å². The molecule has 1 aliphatic heterocycles. The van der Waals surface area contributed by atoms with Crippen molar-refractivity contribution in [3.8, 4) is 11.3 Å². The molecule has 0 bridgehead atoms. The van der Waals surface area contributed by atoms with Crippen molar-refractivity contribution in [2.75, 3.05) is 13.3 Å². The molecule has 4 amide bonds. The molecule has 0 aliphatic carbocycles. The number of imide groups is 1. The standard InChI is InChI=1S/C24H30N4O7/c1-22(2,3)19(30)33-14-28-18(29)24(27-20(28)31,13-26-21(32)35-23(4,5)6)17-10-9-16(34-17)15-8-7-11-25-12-15/h7-12H,13-14H2,1-6H3,(H,26,32)(H,27,31)/t24-/m0/s1. The third-order valence-electron chi connectivity index (χ3n) is 4.98. The van der Waals surface area contributed by atoms with E-state index in [1.807, 2.05) is 0 Å². The summed E-state index contributed by atoms with van der Waals surface area (Å²) in [4.78, 5) is 55.6. The molecule has 11 nitrogen and oxygen atoms in total. The highest BCUT2D eigenvalue weighted by Crippen LogP contribution is 2.33. The largest absolute Gasteiger partial charge is 0.458 e. The molecule has 1 saturated heterocycles. The van der Waals surface area contributed by atoms with E-state index in [2.05, 4.69) is 15.6 Å². The lowest BCUT2D eigenvalue weighted by Gasteiger charge is -2.26. The van der Waals surface area contributed by atoms with Gasteiger partial charge in [0, 0.05) is 18.0 Å². The number of nitrogens with one attached hydrogen (secondary N) is 2. The minimum Gasteiger partial charge on any atom is -0.458 e. The Morgan fingerprint density at radius 2 is 1.86 bits per heavy atom. The van der Waals surface area contributed by atoms with Gasteiger partial charge in [-0.3, -0.25) is 14.6 Å². The van der Waals surface area contributed by atoms with E-state index in [-0.39, 0.29) is 12.3 Å². The van der Waals surface area contributed by atoms with Crippen LogP contribution in [0.1, 0.15) is 47.3 Å². The van der Waals surface area contributed by atoms with E-state index >= 15 is 0 Å². The maximum Gasteiger partial charge on any atom is 0.407 e. The van der Waals surface area contributed by atoms with Crippen LogP contribution in [0.5, 0.6) is 0 Å². The molecular weight excluding hydrogens is 456 g/mol. The molecule has 2 N–H and O–H groups in total. The summed E-state index contributed by atoms with van der Waals surface area (Å²) in [5.74, 6) is -0.855. The summed E-state index contributed by atoms with van der Waals surface area (Å²) < 4.78 is 16.4. The number of amides is 4. The maximum atomic E-state index is 13.5. The van der Waals surface area contributed by atoms with Gasteiger partial charge in [-0.25, -0.2) is 14.5 Å². The lowest BCUT2D eigenvalue weighted by molar-refractivity contribution is -0.158. The molecule has 2 aromatic rings. The van der Waals surface area contributed by atoms with Crippen LogP contribution in [-0.4, -0.2) is 52.8 Å². The Hall–Kier alpha value is -3.89. The number of carbonyl (C=O) groups excluding carboxylic acids is 4. The fourth-order valence-corrected chi connectivity index (χ4v) is 3.21. The first kappa shape index (κ1) is 25.7. The zero-order chi connectivity index (χ0) is 26.0. The van der Waals surface area contributed by atoms with Crippen molar-refractivity contribution in [3.05, 3.63) is 42.4 Å². The SMILES string of the molecule is CC(C)(C)OC(=O)NC[C@@]1(c2ccc(-c3cccnc3)o2)NC(=O)N(COC(=O)C(C)(C)C)C1=O. The predicted octanol–water partition coefficient (Wildman–Crippen LogP) is 3.16. The van der Waals surface area contributed by atoms with Crippen molar-refractivity contribution in [1.29, 1.82) is 0 Å². The van der Waals surface area contributed by atoms with Gasteiger partial charge in [-0.05, 0) is 65.8 Å². The van der Waals surface area contributed by atoms with Crippen molar-refractivity contribution >= 4 is 24.0 Å². The molecule has 188 valence electrons. The number of nitrogens with zero attached hydrogens (tertiary/aromatic N) is 2. The molecule has 11 heteroatoms. The lowest BCUT2D eigenvalue weighted by Crippen LogP contribution is -2.53. The molecule has 1 atom stereocenters. The molecule has 35 heavy (non-hydrogen) atoms. The number of furan rings is 1. The summed E-state index contributed by atoms with van der Waals surface area (Å²) in [5.41, 5.74) is -2.73. The van der Waals surface area contributed by atoms with E-state index in [4.69, 9.17) is 13.9 Å². The minimum absolute atomic E-state index is 0.0791. The highest BCUT2D eigenvalue weighted by atomic mass is 16.6. The van der Waals surface area contributed by atoms with E-state index in [1.54, 1.807) is 72.1 Å². The van der Waals surface area contributed by atoms with Gasteiger partial charge in [-0.1, -0.05) is 0 Å². The van der Waals surface area contributed by atoms with Crippen LogP contribution < -0.4 is 10.6 Å². The quantitative estimate of drug-likeness (QED) is 0.469. The van der Waals surface area contributed by atoms with Crippen molar-refractivity contribution in [2.24, 2.45) is 5.41 Å². The Morgan fingerprint density at radius 3 is 2.46 bits per heavy atom. The maximum absolute atomic E-state index is 13.5. The monoisotopic (exact) mass is 486 g/mol. The minimum atomic E-state index is -1.79. The van der Waals surface area contributed by atoms with Crippen LogP contribution in [0.15, 0.2) is 41.1 Å². The van der Waals surface area contributed by atoms with Gasteiger partial charge >= 0.3 is 18.1 Å². The van der Waals surface area contributed by atoms with Crippen molar-refractivity contribution < 1.29 is 33.1 Å².